The summed E-state index contributed by atoms with van der Waals surface area (Å²) in [5, 5.41) is 3.50. The second-order valence-corrected chi connectivity index (χ2v) is 5.32. The summed E-state index contributed by atoms with van der Waals surface area (Å²) < 4.78 is 5.30. The van der Waals surface area contributed by atoms with Gasteiger partial charge in [-0.05, 0) is 25.1 Å². The summed E-state index contributed by atoms with van der Waals surface area (Å²) in [6, 6.07) is 12.3. The fourth-order valence-electron chi connectivity index (χ4n) is 2.06. The standard InChI is InChI=1S/C16H15Cl2NO2/c1-10(11-6-3-4-9-14(11)21-2)19-16(20)12-7-5-8-13(17)15(12)18/h3-10H,1-2H3,(H,19,20). The van der Waals surface area contributed by atoms with E-state index in [0.717, 1.165) is 11.3 Å². The van der Waals surface area contributed by atoms with Crippen LogP contribution >= 0.6 is 23.2 Å². The Kier molecular flexibility index (Phi) is 5.10. The van der Waals surface area contributed by atoms with Gasteiger partial charge in [-0.25, -0.2) is 0 Å². The van der Waals surface area contributed by atoms with Crippen molar-refractivity contribution in [1.82, 2.24) is 5.32 Å². The van der Waals surface area contributed by atoms with Gasteiger partial charge in [-0.2, -0.15) is 0 Å². The monoisotopic (exact) mass is 323 g/mol. The van der Waals surface area contributed by atoms with E-state index in [1.165, 1.54) is 0 Å². The quantitative estimate of drug-likeness (QED) is 0.900. The third-order valence-electron chi connectivity index (χ3n) is 3.15. The number of nitrogens with one attached hydrogen (secondary N) is 1. The highest BCUT2D eigenvalue weighted by molar-refractivity contribution is 6.43. The van der Waals surface area contributed by atoms with Crippen LogP contribution in [0.25, 0.3) is 0 Å². The number of carbonyl (C=O) groups is 1. The van der Waals surface area contributed by atoms with Crippen LogP contribution < -0.4 is 10.1 Å². The maximum atomic E-state index is 12.3. The van der Waals surface area contributed by atoms with Gasteiger partial charge in [0.25, 0.3) is 5.91 Å². The molecule has 3 nitrogen and oxygen atoms in total. The number of ether oxygens (including phenoxy) is 1. The maximum Gasteiger partial charge on any atom is 0.253 e. The smallest absolute Gasteiger partial charge is 0.253 e. The van der Waals surface area contributed by atoms with Gasteiger partial charge in [-0.15, -0.1) is 0 Å². The first kappa shape index (κ1) is 15.7. The van der Waals surface area contributed by atoms with Crippen LogP contribution in [-0.4, -0.2) is 13.0 Å². The summed E-state index contributed by atoms with van der Waals surface area (Å²) in [5.74, 6) is 0.448. The zero-order valence-corrected chi connectivity index (χ0v) is 13.2. The van der Waals surface area contributed by atoms with Crippen molar-refractivity contribution in [2.45, 2.75) is 13.0 Å². The van der Waals surface area contributed by atoms with E-state index < -0.39 is 0 Å². The highest BCUT2D eigenvalue weighted by Gasteiger charge is 2.17. The van der Waals surface area contributed by atoms with Crippen LogP contribution in [0.4, 0.5) is 0 Å². The van der Waals surface area contributed by atoms with Crippen molar-refractivity contribution in [3.8, 4) is 5.75 Å². The van der Waals surface area contributed by atoms with Gasteiger partial charge in [0.1, 0.15) is 5.75 Å². The Morgan fingerprint density at radius 3 is 2.57 bits per heavy atom. The van der Waals surface area contributed by atoms with Crippen LogP contribution in [0.3, 0.4) is 0 Å². The summed E-state index contributed by atoms with van der Waals surface area (Å²) in [7, 11) is 1.60. The molecule has 0 aliphatic heterocycles. The van der Waals surface area contributed by atoms with E-state index in [9.17, 15) is 4.79 Å². The lowest BCUT2D eigenvalue weighted by Gasteiger charge is -2.17. The molecule has 0 spiro atoms. The molecule has 2 aromatic rings. The fraction of sp³-hybridized carbons (Fsp3) is 0.188. The van der Waals surface area contributed by atoms with E-state index in [-0.39, 0.29) is 17.0 Å². The number of hydrogen-bond acceptors (Lipinski definition) is 2. The Balaban J connectivity index is 2.21. The maximum absolute atomic E-state index is 12.3. The second kappa shape index (κ2) is 6.83. The third kappa shape index (κ3) is 3.49. The first-order valence-electron chi connectivity index (χ1n) is 6.42. The molecule has 1 N–H and O–H groups in total. The number of rotatable bonds is 4. The third-order valence-corrected chi connectivity index (χ3v) is 3.97. The molecule has 0 radical (unpaired) electrons. The summed E-state index contributed by atoms with van der Waals surface area (Å²) in [6.45, 7) is 1.88. The van der Waals surface area contributed by atoms with E-state index in [1.807, 2.05) is 31.2 Å². The molecule has 1 unspecified atom stereocenters. The number of halogens is 2. The van der Waals surface area contributed by atoms with Gasteiger partial charge in [-0.1, -0.05) is 47.5 Å². The van der Waals surface area contributed by atoms with E-state index in [0.29, 0.717) is 10.6 Å². The molecule has 0 bridgehead atoms. The molecule has 0 saturated carbocycles. The topological polar surface area (TPSA) is 38.3 Å². The molecule has 0 aromatic heterocycles. The van der Waals surface area contributed by atoms with Crippen molar-refractivity contribution >= 4 is 29.1 Å². The minimum Gasteiger partial charge on any atom is -0.496 e. The highest BCUT2D eigenvalue weighted by Crippen LogP contribution is 2.27. The highest BCUT2D eigenvalue weighted by atomic mass is 35.5. The van der Waals surface area contributed by atoms with Crippen LogP contribution in [0.2, 0.25) is 10.0 Å². The average molecular weight is 324 g/mol. The van der Waals surface area contributed by atoms with E-state index in [2.05, 4.69) is 5.32 Å². The van der Waals surface area contributed by atoms with Gasteiger partial charge in [0, 0.05) is 5.56 Å². The molecule has 0 aliphatic carbocycles. The van der Waals surface area contributed by atoms with E-state index in [4.69, 9.17) is 27.9 Å². The summed E-state index contributed by atoms with van der Waals surface area (Å²) in [5.41, 5.74) is 1.25. The van der Waals surface area contributed by atoms with E-state index in [1.54, 1.807) is 25.3 Å². The van der Waals surface area contributed by atoms with Gasteiger partial charge in [0.15, 0.2) is 0 Å². The molecule has 0 aliphatic rings. The van der Waals surface area contributed by atoms with Crippen molar-refractivity contribution in [3.05, 3.63) is 63.6 Å². The molecule has 0 fully saturated rings. The van der Waals surface area contributed by atoms with Crippen molar-refractivity contribution < 1.29 is 9.53 Å². The molecule has 1 atom stereocenters. The number of hydrogen-bond donors (Lipinski definition) is 1. The Morgan fingerprint density at radius 2 is 1.86 bits per heavy atom. The lowest BCUT2D eigenvalue weighted by Crippen LogP contribution is -2.27. The molecule has 0 heterocycles. The van der Waals surface area contributed by atoms with Crippen molar-refractivity contribution in [2.24, 2.45) is 0 Å². The lowest BCUT2D eigenvalue weighted by atomic mass is 10.1. The molecule has 5 heteroatoms. The van der Waals surface area contributed by atoms with Gasteiger partial charge in [0.05, 0.1) is 28.8 Å². The normalized spacial score (nSPS) is 11.8. The van der Waals surface area contributed by atoms with Crippen LogP contribution in [0.15, 0.2) is 42.5 Å². The Morgan fingerprint density at radius 1 is 1.14 bits per heavy atom. The second-order valence-electron chi connectivity index (χ2n) is 4.54. The minimum absolute atomic E-state index is 0.219. The van der Waals surface area contributed by atoms with Crippen molar-refractivity contribution in [3.63, 3.8) is 0 Å². The number of para-hydroxylation sites is 1. The van der Waals surface area contributed by atoms with Gasteiger partial charge in [0.2, 0.25) is 0 Å². The predicted octanol–water partition coefficient (Wildman–Crippen LogP) is 4.49. The minimum atomic E-state index is -0.277. The summed E-state index contributed by atoms with van der Waals surface area (Å²) in [4.78, 5) is 12.3. The Hall–Kier alpha value is -1.71. The fourth-order valence-corrected chi connectivity index (χ4v) is 2.44. The molecule has 0 saturated heterocycles. The lowest BCUT2D eigenvalue weighted by molar-refractivity contribution is 0.0939. The average Bonchev–Trinajstić information content (AvgIpc) is 2.49. The predicted molar refractivity (Wildman–Crippen MR) is 85.3 cm³/mol. The summed E-state index contributed by atoms with van der Waals surface area (Å²) in [6.07, 6.45) is 0. The van der Waals surface area contributed by atoms with Gasteiger partial charge in [-0.3, -0.25) is 4.79 Å². The first-order valence-corrected chi connectivity index (χ1v) is 7.18. The molecule has 2 rings (SSSR count). The number of methoxy groups -OCH3 is 1. The number of amides is 1. The largest absolute Gasteiger partial charge is 0.496 e. The van der Waals surface area contributed by atoms with Crippen LogP contribution in [0.5, 0.6) is 5.75 Å². The van der Waals surface area contributed by atoms with Crippen molar-refractivity contribution in [1.29, 1.82) is 0 Å². The first-order chi connectivity index (χ1) is 10.0. The molecular weight excluding hydrogens is 309 g/mol. The Labute approximate surface area is 133 Å². The van der Waals surface area contributed by atoms with E-state index >= 15 is 0 Å². The molecule has 1 amide bonds. The van der Waals surface area contributed by atoms with Crippen LogP contribution in [-0.2, 0) is 0 Å². The van der Waals surface area contributed by atoms with Crippen molar-refractivity contribution in [2.75, 3.05) is 7.11 Å². The SMILES string of the molecule is COc1ccccc1C(C)NC(=O)c1cccc(Cl)c1Cl. The summed E-state index contributed by atoms with van der Waals surface area (Å²) >= 11 is 12.0. The number of carbonyl (C=O) groups excluding carboxylic acids is 1. The van der Waals surface area contributed by atoms with Gasteiger partial charge >= 0.3 is 0 Å². The number of benzene rings is 2. The van der Waals surface area contributed by atoms with Gasteiger partial charge < -0.3 is 10.1 Å². The molecule has 21 heavy (non-hydrogen) atoms. The molecule has 2 aromatic carbocycles. The zero-order chi connectivity index (χ0) is 15.4. The molecule has 110 valence electrons. The zero-order valence-electron chi connectivity index (χ0n) is 11.7. The Bertz CT molecular complexity index is 658. The van der Waals surface area contributed by atoms with Crippen LogP contribution in [0, 0.1) is 0 Å². The molecular formula is C16H15Cl2NO2. The van der Waals surface area contributed by atoms with Crippen LogP contribution in [0.1, 0.15) is 28.9 Å².